The molecule has 1 aromatic carbocycles. The van der Waals surface area contributed by atoms with E-state index >= 15 is 0 Å². The molecule has 1 saturated heterocycles. The first-order valence-corrected chi connectivity index (χ1v) is 11.8. The van der Waals surface area contributed by atoms with E-state index in [-0.39, 0.29) is 17.5 Å². The van der Waals surface area contributed by atoms with Gasteiger partial charge in [0.1, 0.15) is 10.6 Å². The second-order valence-electron chi connectivity index (χ2n) is 7.09. The van der Waals surface area contributed by atoms with Gasteiger partial charge in [-0.3, -0.25) is 9.98 Å². The number of nitrogens with one attached hydrogen (secondary N) is 3. The van der Waals surface area contributed by atoms with Crippen molar-refractivity contribution in [3.05, 3.63) is 48.8 Å². The highest BCUT2D eigenvalue weighted by Gasteiger charge is 2.25. The number of sulfonamides is 1. The molecule has 2 aromatic rings. The quantitative estimate of drug-likeness (QED) is 0.302. The molecular formula is C21H30N6O3S. The molecule has 1 unspecified atom stereocenters. The Bertz CT molecular complexity index is 968. The largest absolute Gasteiger partial charge is 0.495 e. The molecule has 3 N–H and O–H groups in total. The van der Waals surface area contributed by atoms with Gasteiger partial charge in [-0.05, 0) is 37.6 Å². The lowest BCUT2D eigenvalue weighted by Gasteiger charge is -2.22. The fourth-order valence-electron chi connectivity index (χ4n) is 3.44. The van der Waals surface area contributed by atoms with Crippen LogP contribution in [-0.4, -0.2) is 65.2 Å². The fraction of sp³-hybridized carbons (Fsp3) is 0.429. The van der Waals surface area contributed by atoms with Crippen molar-refractivity contribution in [3.8, 4) is 5.75 Å². The Morgan fingerprint density at radius 1 is 1.29 bits per heavy atom. The van der Waals surface area contributed by atoms with E-state index in [1.807, 2.05) is 25.1 Å². The molecule has 3 rings (SSSR count). The van der Waals surface area contributed by atoms with Crippen LogP contribution in [0.1, 0.15) is 13.3 Å². The molecule has 0 bridgehead atoms. The molecule has 0 amide bonds. The molecule has 31 heavy (non-hydrogen) atoms. The zero-order valence-electron chi connectivity index (χ0n) is 17.9. The van der Waals surface area contributed by atoms with Crippen LogP contribution in [0.2, 0.25) is 0 Å². The van der Waals surface area contributed by atoms with Crippen LogP contribution in [0, 0.1) is 0 Å². The van der Waals surface area contributed by atoms with Crippen molar-refractivity contribution in [2.45, 2.75) is 24.3 Å². The van der Waals surface area contributed by atoms with Crippen LogP contribution in [-0.2, 0) is 10.0 Å². The molecule has 1 aliphatic rings. The van der Waals surface area contributed by atoms with Crippen molar-refractivity contribution in [1.82, 2.24) is 20.3 Å². The number of hydrogen-bond donors (Lipinski definition) is 3. The third kappa shape index (κ3) is 6.31. The molecule has 1 fully saturated rings. The number of aromatic nitrogens is 1. The lowest BCUT2D eigenvalue weighted by molar-refractivity contribution is 0.415. The van der Waals surface area contributed by atoms with Gasteiger partial charge in [-0.2, -0.15) is 0 Å². The molecule has 168 valence electrons. The Balaban J connectivity index is 1.53. The molecule has 10 heteroatoms. The third-order valence-electron chi connectivity index (χ3n) is 4.92. The minimum absolute atomic E-state index is 0.145. The monoisotopic (exact) mass is 446 g/mol. The summed E-state index contributed by atoms with van der Waals surface area (Å²) >= 11 is 0. The van der Waals surface area contributed by atoms with Gasteiger partial charge in [0.05, 0.1) is 19.3 Å². The maximum Gasteiger partial charge on any atom is 0.242 e. The highest BCUT2D eigenvalue weighted by atomic mass is 32.2. The zero-order chi connectivity index (χ0) is 22.1. The molecule has 0 aliphatic carbocycles. The molecule has 1 aliphatic heterocycles. The first-order chi connectivity index (χ1) is 15.0. The van der Waals surface area contributed by atoms with Gasteiger partial charge in [0.15, 0.2) is 5.96 Å². The predicted octanol–water partition coefficient (Wildman–Crippen LogP) is 1.20. The number of aliphatic imine (C=N–C) groups is 1. The molecule has 1 atom stereocenters. The summed E-state index contributed by atoms with van der Waals surface area (Å²) in [6.45, 7) is 4.98. The number of guanidine groups is 1. The first-order valence-electron chi connectivity index (χ1n) is 10.4. The Morgan fingerprint density at radius 3 is 2.87 bits per heavy atom. The number of para-hydroxylation sites is 2. The van der Waals surface area contributed by atoms with Crippen molar-refractivity contribution < 1.29 is 13.2 Å². The third-order valence-corrected chi connectivity index (χ3v) is 6.36. The van der Waals surface area contributed by atoms with Crippen LogP contribution >= 0.6 is 0 Å². The number of nitrogens with zero attached hydrogens (tertiary/aromatic N) is 3. The van der Waals surface area contributed by atoms with E-state index < -0.39 is 10.0 Å². The van der Waals surface area contributed by atoms with Crippen LogP contribution in [0.4, 0.5) is 5.69 Å². The van der Waals surface area contributed by atoms with Crippen molar-refractivity contribution in [2.24, 2.45) is 4.99 Å². The van der Waals surface area contributed by atoms with Gasteiger partial charge < -0.3 is 20.3 Å². The van der Waals surface area contributed by atoms with E-state index in [4.69, 9.17) is 4.74 Å². The minimum atomic E-state index is -3.58. The van der Waals surface area contributed by atoms with Gasteiger partial charge in [-0.15, -0.1) is 0 Å². The molecular weight excluding hydrogens is 416 g/mol. The van der Waals surface area contributed by atoms with Crippen LogP contribution < -0.4 is 25.0 Å². The second kappa shape index (κ2) is 11.0. The van der Waals surface area contributed by atoms with Crippen molar-refractivity contribution >= 4 is 21.7 Å². The zero-order valence-corrected chi connectivity index (χ0v) is 18.7. The number of methoxy groups -OCH3 is 1. The molecule has 0 radical (unpaired) electrons. The summed E-state index contributed by atoms with van der Waals surface area (Å²) < 4.78 is 32.6. The van der Waals surface area contributed by atoms with Gasteiger partial charge in [-0.25, -0.2) is 13.1 Å². The van der Waals surface area contributed by atoms with Gasteiger partial charge in [0.2, 0.25) is 10.0 Å². The van der Waals surface area contributed by atoms with E-state index in [9.17, 15) is 8.42 Å². The van der Waals surface area contributed by atoms with E-state index in [2.05, 4.69) is 36.3 Å². The standard InChI is InChI=1S/C21H30N6O3S/c1-3-23-21(24-12-13-25-31(28,29)18-7-6-11-22-15-18)26-17-10-14-27(16-17)19-8-4-5-9-20(19)30-2/h4-9,11,15,17,25H,3,10,12-14,16H2,1-2H3,(H2,23,24,26). The van der Waals surface area contributed by atoms with E-state index in [1.165, 1.54) is 18.5 Å². The lowest BCUT2D eigenvalue weighted by atomic mass is 10.2. The summed E-state index contributed by atoms with van der Waals surface area (Å²) in [5.41, 5.74) is 1.08. The highest BCUT2D eigenvalue weighted by molar-refractivity contribution is 7.89. The highest BCUT2D eigenvalue weighted by Crippen LogP contribution is 2.30. The molecule has 0 saturated carbocycles. The van der Waals surface area contributed by atoms with Crippen LogP contribution in [0.25, 0.3) is 0 Å². The molecule has 1 aromatic heterocycles. The lowest BCUT2D eigenvalue weighted by Crippen LogP contribution is -2.45. The predicted molar refractivity (Wildman–Crippen MR) is 122 cm³/mol. The number of hydrogen-bond acceptors (Lipinski definition) is 6. The van der Waals surface area contributed by atoms with Gasteiger partial charge in [0, 0.05) is 44.6 Å². The van der Waals surface area contributed by atoms with Gasteiger partial charge in [-0.1, -0.05) is 12.1 Å². The Hall–Kier alpha value is -2.85. The smallest absolute Gasteiger partial charge is 0.242 e. The van der Waals surface area contributed by atoms with Gasteiger partial charge >= 0.3 is 0 Å². The maximum atomic E-state index is 12.3. The summed E-state index contributed by atoms with van der Waals surface area (Å²) in [6.07, 6.45) is 3.83. The van der Waals surface area contributed by atoms with Crippen LogP contribution in [0.5, 0.6) is 5.75 Å². The maximum absolute atomic E-state index is 12.3. The number of rotatable bonds is 9. The second-order valence-corrected chi connectivity index (χ2v) is 8.86. The van der Waals surface area contributed by atoms with E-state index in [0.29, 0.717) is 12.5 Å². The Kier molecular flexibility index (Phi) is 8.07. The summed E-state index contributed by atoms with van der Waals surface area (Å²) in [6, 6.07) is 11.3. The van der Waals surface area contributed by atoms with Gasteiger partial charge in [0.25, 0.3) is 0 Å². The van der Waals surface area contributed by atoms with Crippen LogP contribution in [0.3, 0.4) is 0 Å². The minimum Gasteiger partial charge on any atom is -0.495 e. The number of ether oxygens (including phenoxy) is 1. The molecule has 0 spiro atoms. The molecule has 2 heterocycles. The summed E-state index contributed by atoms with van der Waals surface area (Å²) in [5.74, 6) is 1.54. The van der Waals surface area contributed by atoms with E-state index in [1.54, 1.807) is 13.2 Å². The van der Waals surface area contributed by atoms with Crippen LogP contribution in [0.15, 0.2) is 58.7 Å². The molecule has 9 nitrogen and oxygen atoms in total. The number of pyridine rings is 1. The number of benzene rings is 1. The van der Waals surface area contributed by atoms with Crippen molar-refractivity contribution in [2.75, 3.05) is 44.7 Å². The average Bonchev–Trinajstić information content (AvgIpc) is 3.25. The topological polar surface area (TPSA) is 108 Å². The normalized spacial score (nSPS) is 16.9. The van der Waals surface area contributed by atoms with Crippen molar-refractivity contribution in [1.29, 1.82) is 0 Å². The van der Waals surface area contributed by atoms with E-state index in [0.717, 1.165) is 37.5 Å². The Labute approximate surface area is 184 Å². The fourth-order valence-corrected chi connectivity index (χ4v) is 4.42. The summed E-state index contributed by atoms with van der Waals surface area (Å²) in [4.78, 5) is 10.8. The number of anilines is 1. The summed E-state index contributed by atoms with van der Waals surface area (Å²) in [7, 11) is -1.89. The average molecular weight is 447 g/mol. The first kappa shape index (κ1) is 22.8. The van der Waals surface area contributed by atoms with Crippen molar-refractivity contribution in [3.63, 3.8) is 0 Å². The Morgan fingerprint density at radius 2 is 2.13 bits per heavy atom. The summed E-state index contributed by atoms with van der Waals surface area (Å²) in [5, 5.41) is 6.68. The SMILES string of the molecule is CCNC(=NCCNS(=O)(=O)c1cccnc1)NC1CCN(c2ccccc2OC)C1.